The van der Waals surface area contributed by atoms with E-state index < -0.39 is 6.61 Å². The molecular weight excluding hydrogens is 366 g/mol. The molecule has 3 rings (SSSR count). The van der Waals surface area contributed by atoms with Gasteiger partial charge in [-0.1, -0.05) is 12.5 Å². The summed E-state index contributed by atoms with van der Waals surface area (Å²) in [5, 5.41) is 3.60. The second-order valence-corrected chi connectivity index (χ2v) is 7.58. The summed E-state index contributed by atoms with van der Waals surface area (Å²) >= 11 is 0. The van der Waals surface area contributed by atoms with E-state index >= 15 is 0 Å². The molecule has 1 aromatic carbocycles. The first-order chi connectivity index (χ1) is 13.6. The van der Waals surface area contributed by atoms with Crippen LogP contribution in [0.25, 0.3) is 0 Å². The van der Waals surface area contributed by atoms with Crippen LogP contribution in [0.3, 0.4) is 0 Å². The third kappa shape index (κ3) is 5.55. The van der Waals surface area contributed by atoms with E-state index in [4.69, 9.17) is 9.47 Å². The number of rotatable bonds is 9. The molecule has 1 N–H and O–H groups in total. The number of halogens is 2. The van der Waals surface area contributed by atoms with Crippen molar-refractivity contribution in [3.63, 3.8) is 0 Å². The normalized spacial score (nSPS) is 20.3. The van der Waals surface area contributed by atoms with E-state index in [2.05, 4.69) is 15.0 Å². The van der Waals surface area contributed by atoms with Gasteiger partial charge in [-0.3, -0.25) is 4.90 Å². The van der Waals surface area contributed by atoms with Crippen LogP contribution in [0.1, 0.15) is 44.6 Å². The van der Waals surface area contributed by atoms with Crippen LogP contribution in [0.5, 0.6) is 11.5 Å². The Hall–Kier alpha value is -1.44. The first kappa shape index (κ1) is 21.3. The lowest BCUT2D eigenvalue weighted by molar-refractivity contribution is -0.0514. The molecule has 0 saturated carbocycles. The fraction of sp³-hybridized carbons (Fsp3) is 0.714. The van der Waals surface area contributed by atoms with Gasteiger partial charge in [-0.15, -0.1) is 0 Å². The Balaban J connectivity index is 1.62. The van der Waals surface area contributed by atoms with Crippen LogP contribution in [-0.2, 0) is 11.3 Å². The number of alkyl halides is 2. The molecule has 0 atom stereocenters. The quantitative estimate of drug-likeness (QED) is 0.685. The van der Waals surface area contributed by atoms with Crippen molar-refractivity contribution in [2.75, 3.05) is 39.5 Å². The molecule has 0 spiro atoms. The molecule has 2 fully saturated rings. The van der Waals surface area contributed by atoms with E-state index in [0.717, 1.165) is 51.3 Å². The summed E-state index contributed by atoms with van der Waals surface area (Å²) in [6, 6.07) is 5.15. The van der Waals surface area contributed by atoms with Gasteiger partial charge in [0, 0.05) is 31.8 Å². The lowest BCUT2D eigenvalue weighted by Gasteiger charge is -2.48. The van der Waals surface area contributed by atoms with Gasteiger partial charge < -0.3 is 19.5 Å². The van der Waals surface area contributed by atoms with Crippen LogP contribution >= 0.6 is 0 Å². The van der Waals surface area contributed by atoms with Crippen molar-refractivity contribution in [1.29, 1.82) is 0 Å². The molecule has 5 nitrogen and oxygen atoms in total. The van der Waals surface area contributed by atoms with Gasteiger partial charge in [0.15, 0.2) is 11.5 Å². The van der Waals surface area contributed by atoms with Crippen molar-refractivity contribution in [1.82, 2.24) is 10.2 Å². The van der Waals surface area contributed by atoms with Crippen LogP contribution < -0.4 is 14.8 Å². The Morgan fingerprint density at radius 3 is 2.57 bits per heavy atom. The largest absolute Gasteiger partial charge is 0.490 e. The number of ether oxygens (including phenoxy) is 3. The Morgan fingerprint density at radius 1 is 1.14 bits per heavy atom. The van der Waals surface area contributed by atoms with Crippen LogP contribution in [0.15, 0.2) is 18.2 Å². The molecule has 0 unspecified atom stereocenters. The molecule has 7 heteroatoms. The SMILES string of the molecule is CCOc1cc(CNCC2(N3CCCCC3)CCOCC2)ccc1OC(F)F. The van der Waals surface area contributed by atoms with Crippen molar-refractivity contribution >= 4 is 0 Å². The van der Waals surface area contributed by atoms with Gasteiger partial charge in [-0.25, -0.2) is 0 Å². The molecular formula is C21H32F2N2O3. The minimum absolute atomic E-state index is 0.0785. The Kier molecular flexibility index (Phi) is 7.88. The Morgan fingerprint density at radius 2 is 1.89 bits per heavy atom. The number of piperidine rings is 1. The minimum Gasteiger partial charge on any atom is -0.490 e. The zero-order chi connectivity index (χ0) is 19.8. The van der Waals surface area contributed by atoms with Crippen LogP contribution in [0.4, 0.5) is 8.78 Å². The van der Waals surface area contributed by atoms with Gasteiger partial charge in [0.2, 0.25) is 0 Å². The standard InChI is InChI=1S/C21H32F2N2O3/c1-2-27-19-14-17(6-7-18(19)28-20(22)23)15-24-16-21(8-12-26-13-9-21)25-10-4-3-5-11-25/h6-7,14,20,24H,2-5,8-13,15-16H2,1H3. The van der Waals surface area contributed by atoms with Crippen LogP contribution in [-0.4, -0.2) is 56.5 Å². The molecule has 2 aliphatic rings. The fourth-order valence-electron chi connectivity index (χ4n) is 4.29. The average Bonchev–Trinajstić information content (AvgIpc) is 2.71. The first-order valence-electron chi connectivity index (χ1n) is 10.4. The maximum absolute atomic E-state index is 12.6. The second-order valence-electron chi connectivity index (χ2n) is 7.58. The summed E-state index contributed by atoms with van der Waals surface area (Å²) in [7, 11) is 0. The molecule has 158 valence electrons. The maximum atomic E-state index is 12.6. The highest BCUT2D eigenvalue weighted by molar-refractivity contribution is 5.43. The summed E-state index contributed by atoms with van der Waals surface area (Å²) in [5.41, 5.74) is 1.14. The molecule has 28 heavy (non-hydrogen) atoms. The fourth-order valence-corrected chi connectivity index (χ4v) is 4.29. The van der Waals surface area contributed by atoms with Gasteiger partial charge in [0.1, 0.15) is 0 Å². The van der Waals surface area contributed by atoms with E-state index in [0.29, 0.717) is 18.9 Å². The Bertz CT molecular complexity index is 603. The number of likely N-dealkylation sites (tertiary alicyclic amines) is 1. The zero-order valence-corrected chi connectivity index (χ0v) is 16.7. The van der Waals surface area contributed by atoms with E-state index in [1.54, 1.807) is 12.1 Å². The zero-order valence-electron chi connectivity index (χ0n) is 16.7. The summed E-state index contributed by atoms with van der Waals surface area (Å²) < 4.78 is 40.8. The molecule has 0 aromatic heterocycles. The molecule has 0 bridgehead atoms. The van der Waals surface area contributed by atoms with Crippen molar-refractivity contribution in [2.45, 2.75) is 57.7 Å². The second kappa shape index (κ2) is 10.4. The molecule has 2 saturated heterocycles. The van der Waals surface area contributed by atoms with Gasteiger partial charge in [0.05, 0.1) is 6.61 Å². The molecule has 0 aliphatic carbocycles. The maximum Gasteiger partial charge on any atom is 0.387 e. The number of benzene rings is 1. The van der Waals surface area contributed by atoms with Crippen molar-refractivity contribution in [3.05, 3.63) is 23.8 Å². The average molecular weight is 398 g/mol. The van der Waals surface area contributed by atoms with Crippen molar-refractivity contribution in [3.8, 4) is 11.5 Å². The smallest absolute Gasteiger partial charge is 0.387 e. The van der Waals surface area contributed by atoms with E-state index in [9.17, 15) is 8.78 Å². The van der Waals surface area contributed by atoms with Crippen molar-refractivity contribution < 1.29 is 23.0 Å². The predicted octanol–water partition coefficient (Wildman–Crippen LogP) is 3.81. The molecule has 2 aliphatic heterocycles. The van der Waals surface area contributed by atoms with Gasteiger partial charge >= 0.3 is 6.61 Å². The van der Waals surface area contributed by atoms with Crippen molar-refractivity contribution in [2.24, 2.45) is 0 Å². The van der Waals surface area contributed by atoms with E-state index in [1.165, 1.54) is 19.3 Å². The molecule has 2 heterocycles. The Labute approximate surface area is 166 Å². The number of nitrogens with zero attached hydrogens (tertiary/aromatic N) is 1. The lowest BCUT2D eigenvalue weighted by Crippen LogP contribution is -2.59. The highest BCUT2D eigenvalue weighted by Crippen LogP contribution is 2.32. The molecule has 1 aromatic rings. The topological polar surface area (TPSA) is 43.0 Å². The third-order valence-electron chi connectivity index (χ3n) is 5.76. The van der Waals surface area contributed by atoms with E-state index in [-0.39, 0.29) is 11.3 Å². The van der Waals surface area contributed by atoms with Crippen LogP contribution in [0.2, 0.25) is 0 Å². The summed E-state index contributed by atoms with van der Waals surface area (Å²) in [6.07, 6.45) is 5.96. The lowest BCUT2D eigenvalue weighted by atomic mass is 9.86. The summed E-state index contributed by atoms with van der Waals surface area (Å²) in [4.78, 5) is 2.65. The van der Waals surface area contributed by atoms with E-state index in [1.807, 2.05) is 13.0 Å². The third-order valence-corrected chi connectivity index (χ3v) is 5.76. The predicted molar refractivity (Wildman–Crippen MR) is 104 cm³/mol. The number of hydrogen-bond donors (Lipinski definition) is 1. The minimum atomic E-state index is -2.86. The van der Waals surface area contributed by atoms with Gasteiger partial charge in [-0.2, -0.15) is 8.78 Å². The monoisotopic (exact) mass is 398 g/mol. The molecule has 0 radical (unpaired) electrons. The van der Waals surface area contributed by atoms with Gasteiger partial charge in [0.25, 0.3) is 0 Å². The number of nitrogens with one attached hydrogen (secondary N) is 1. The highest BCUT2D eigenvalue weighted by atomic mass is 19.3. The first-order valence-corrected chi connectivity index (χ1v) is 10.4. The number of hydrogen-bond acceptors (Lipinski definition) is 5. The summed E-state index contributed by atoms with van der Waals surface area (Å²) in [6.45, 7) is 4.87. The highest BCUT2D eigenvalue weighted by Gasteiger charge is 2.38. The van der Waals surface area contributed by atoms with Crippen LogP contribution in [0, 0.1) is 0 Å². The van der Waals surface area contributed by atoms with Gasteiger partial charge in [-0.05, 0) is 63.4 Å². The summed E-state index contributed by atoms with van der Waals surface area (Å²) in [5.74, 6) is 0.439. The molecule has 0 amide bonds.